The smallest absolute Gasteiger partial charge is 0.162 e. The predicted octanol–water partition coefficient (Wildman–Crippen LogP) is 2.93. The minimum Gasteiger partial charge on any atom is -0.291 e. The molecule has 0 amide bonds. The summed E-state index contributed by atoms with van der Waals surface area (Å²) >= 11 is 10.8. The average molecular weight is 196 g/mol. The summed E-state index contributed by atoms with van der Waals surface area (Å²) in [7, 11) is 0. The van der Waals surface area contributed by atoms with Gasteiger partial charge in [0.15, 0.2) is 5.82 Å². The molecule has 0 atom stereocenters. The largest absolute Gasteiger partial charge is 0.291 e. The molecule has 0 spiro atoms. The van der Waals surface area contributed by atoms with Crippen molar-refractivity contribution in [3.63, 3.8) is 0 Å². The third-order valence-corrected chi connectivity index (χ3v) is 1.82. The second kappa shape index (κ2) is 3.26. The Kier molecular flexibility index (Phi) is 2.54. The van der Waals surface area contributed by atoms with E-state index in [0.717, 1.165) is 0 Å². The van der Waals surface area contributed by atoms with Crippen LogP contribution in [0.15, 0.2) is 12.1 Å². The maximum atomic E-state index is 12.8. The van der Waals surface area contributed by atoms with Crippen LogP contribution < -0.4 is 5.48 Å². The highest BCUT2D eigenvalue weighted by molar-refractivity contribution is 6.36. The van der Waals surface area contributed by atoms with Crippen LogP contribution in [0.1, 0.15) is 0 Å². The fraction of sp³-hybridized carbons (Fsp3) is 0. The van der Waals surface area contributed by atoms with E-state index < -0.39 is 5.82 Å². The molecule has 0 aliphatic heterocycles. The molecule has 1 rings (SSSR count). The van der Waals surface area contributed by atoms with E-state index in [1.165, 1.54) is 12.1 Å². The Morgan fingerprint density at radius 2 is 2.00 bits per heavy atom. The molecule has 11 heavy (non-hydrogen) atoms. The maximum absolute atomic E-state index is 12.8. The first-order chi connectivity index (χ1) is 5.16. The zero-order valence-electron chi connectivity index (χ0n) is 5.24. The summed E-state index contributed by atoms with van der Waals surface area (Å²) in [5, 5.41) is 8.09. The van der Waals surface area contributed by atoms with Gasteiger partial charge in [0.2, 0.25) is 0 Å². The number of hydrogen-bond donors (Lipinski definition) is 2. The average Bonchev–Trinajstić information content (AvgIpc) is 2.01. The van der Waals surface area contributed by atoms with E-state index in [1.807, 2.05) is 0 Å². The van der Waals surface area contributed by atoms with Gasteiger partial charge in [-0.15, -0.1) is 0 Å². The SMILES string of the molecule is ONc1ccc(Cl)c(F)c1Cl. The van der Waals surface area contributed by atoms with Crippen molar-refractivity contribution in [3.8, 4) is 0 Å². The molecule has 1 aromatic carbocycles. The highest BCUT2D eigenvalue weighted by Crippen LogP contribution is 2.29. The predicted molar refractivity (Wildman–Crippen MR) is 41.8 cm³/mol. The molecule has 0 bridgehead atoms. The van der Waals surface area contributed by atoms with Gasteiger partial charge in [-0.2, -0.15) is 0 Å². The molecule has 0 heterocycles. The van der Waals surface area contributed by atoms with Crippen molar-refractivity contribution in [2.45, 2.75) is 0 Å². The fourth-order valence-corrected chi connectivity index (χ4v) is 1.03. The summed E-state index contributed by atoms with van der Waals surface area (Å²) in [5.41, 5.74) is 1.82. The van der Waals surface area contributed by atoms with Gasteiger partial charge in [0.05, 0.1) is 10.7 Å². The van der Waals surface area contributed by atoms with Crippen LogP contribution in [0, 0.1) is 5.82 Å². The number of halogens is 3. The zero-order valence-corrected chi connectivity index (χ0v) is 6.75. The van der Waals surface area contributed by atoms with Crippen LogP contribution in [0.5, 0.6) is 0 Å². The molecule has 0 fully saturated rings. The first-order valence-electron chi connectivity index (χ1n) is 2.70. The molecule has 0 saturated carbocycles. The molecule has 0 radical (unpaired) electrons. The molecular formula is C6H4Cl2FNO. The van der Waals surface area contributed by atoms with Crippen molar-refractivity contribution < 1.29 is 9.60 Å². The number of nitrogens with one attached hydrogen (secondary N) is 1. The minimum absolute atomic E-state index is 0.0750. The minimum atomic E-state index is -0.743. The second-order valence-corrected chi connectivity index (χ2v) is 2.62. The second-order valence-electron chi connectivity index (χ2n) is 1.83. The van der Waals surface area contributed by atoms with Gasteiger partial charge in [0.25, 0.3) is 0 Å². The third-order valence-electron chi connectivity index (χ3n) is 1.16. The van der Waals surface area contributed by atoms with E-state index in [9.17, 15) is 4.39 Å². The molecule has 0 aliphatic rings. The number of rotatable bonds is 1. The highest BCUT2D eigenvalue weighted by atomic mass is 35.5. The van der Waals surface area contributed by atoms with Gasteiger partial charge in [-0.1, -0.05) is 23.2 Å². The van der Waals surface area contributed by atoms with Crippen LogP contribution in [0.4, 0.5) is 10.1 Å². The summed E-state index contributed by atoms with van der Waals surface area (Å²) in [6.45, 7) is 0. The van der Waals surface area contributed by atoms with E-state index in [4.69, 9.17) is 28.4 Å². The summed E-state index contributed by atoms with van der Waals surface area (Å²) in [6, 6.07) is 2.66. The lowest BCUT2D eigenvalue weighted by Gasteiger charge is -2.02. The van der Waals surface area contributed by atoms with Crippen LogP contribution in [0.25, 0.3) is 0 Å². The van der Waals surface area contributed by atoms with Gasteiger partial charge in [-0.3, -0.25) is 10.7 Å². The molecule has 2 N–H and O–H groups in total. The van der Waals surface area contributed by atoms with Gasteiger partial charge in [0, 0.05) is 0 Å². The van der Waals surface area contributed by atoms with Crippen LogP contribution in [-0.4, -0.2) is 5.21 Å². The fourth-order valence-electron chi connectivity index (χ4n) is 0.612. The van der Waals surface area contributed by atoms with Crippen molar-refractivity contribution in [2.24, 2.45) is 0 Å². The topological polar surface area (TPSA) is 32.3 Å². The standard InChI is InChI=1S/C6H4Cl2FNO/c7-3-1-2-4(10-11)5(8)6(3)9/h1-2,10-11H. The monoisotopic (exact) mass is 195 g/mol. The van der Waals surface area contributed by atoms with Gasteiger partial charge >= 0.3 is 0 Å². The van der Waals surface area contributed by atoms with Crippen LogP contribution >= 0.6 is 23.2 Å². The molecule has 0 aliphatic carbocycles. The number of anilines is 1. The van der Waals surface area contributed by atoms with E-state index >= 15 is 0 Å². The van der Waals surface area contributed by atoms with E-state index in [2.05, 4.69) is 0 Å². The van der Waals surface area contributed by atoms with Gasteiger partial charge < -0.3 is 0 Å². The van der Waals surface area contributed by atoms with Gasteiger partial charge in [-0.05, 0) is 12.1 Å². The normalized spacial score (nSPS) is 9.82. The molecule has 5 heteroatoms. The van der Waals surface area contributed by atoms with Gasteiger partial charge in [0.1, 0.15) is 5.02 Å². The van der Waals surface area contributed by atoms with Crippen LogP contribution in [0.2, 0.25) is 10.0 Å². The summed E-state index contributed by atoms with van der Waals surface area (Å²) in [4.78, 5) is 0. The zero-order chi connectivity index (χ0) is 8.43. The Bertz CT molecular complexity index is 280. The van der Waals surface area contributed by atoms with Crippen molar-refractivity contribution in [2.75, 3.05) is 5.48 Å². The molecular weight excluding hydrogens is 192 g/mol. The Morgan fingerprint density at radius 3 is 2.55 bits per heavy atom. The molecule has 60 valence electrons. The number of benzene rings is 1. The van der Waals surface area contributed by atoms with Crippen LogP contribution in [0.3, 0.4) is 0 Å². The van der Waals surface area contributed by atoms with Crippen molar-refractivity contribution in [1.29, 1.82) is 0 Å². The lowest BCUT2D eigenvalue weighted by atomic mass is 10.3. The maximum Gasteiger partial charge on any atom is 0.162 e. The summed E-state index contributed by atoms with van der Waals surface area (Å²) in [6.07, 6.45) is 0. The molecule has 0 aromatic heterocycles. The summed E-state index contributed by atoms with van der Waals surface area (Å²) in [5.74, 6) is -0.743. The Labute approximate surface area is 72.5 Å². The highest BCUT2D eigenvalue weighted by Gasteiger charge is 2.08. The number of hydrogen-bond acceptors (Lipinski definition) is 2. The van der Waals surface area contributed by atoms with E-state index in [0.29, 0.717) is 0 Å². The van der Waals surface area contributed by atoms with E-state index in [-0.39, 0.29) is 15.7 Å². The Hall–Kier alpha value is -0.510. The van der Waals surface area contributed by atoms with Crippen LogP contribution in [-0.2, 0) is 0 Å². The van der Waals surface area contributed by atoms with Crippen molar-refractivity contribution >= 4 is 28.9 Å². The van der Waals surface area contributed by atoms with E-state index in [1.54, 1.807) is 5.48 Å². The quantitative estimate of drug-likeness (QED) is 0.534. The first-order valence-corrected chi connectivity index (χ1v) is 3.46. The molecule has 2 nitrogen and oxygen atoms in total. The third kappa shape index (κ3) is 1.56. The van der Waals surface area contributed by atoms with Gasteiger partial charge in [-0.25, -0.2) is 4.39 Å². The lowest BCUT2D eigenvalue weighted by Crippen LogP contribution is -1.92. The summed E-state index contributed by atoms with van der Waals surface area (Å²) < 4.78 is 12.8. The molecule has 0 saturated heterocycles. The molecule has 1 aromatic rings. The Morgan fingerprint density at radius 1 is 1.36 bits per heavy atom. The Balaban J connectivity index is 3.25. The molecule has 0 unspecified atom stereocenters. The van der Waals surface area contributed by atoms with Crippen molar-refractivity contribution in [3.05, 3.63) is 28.0 Å². The first kappa shape index (κ1) is 8.59. The van der Waals surface area contributed by atoms with Crippen molar-refractivity contribution in [1.82, 2.24) is 0 Å². The lowest BCUT2D eigenvalue weighted by molar-refractivity contribution is 0.388.